The molecule has 1 aromatic heterocycles. The second-order valence-electron chi connectivity index (χ2n) is 7.42. The number of nitrogens with zero attached hydrogens (tertiary/aromatic N) is 2. The third kappa shape index (κ3) is 4.68. The third-order valence-electron chi connectivity index (χ3n) is 5.11. The number of oxazole rings is 1. The number of aromatic nitrogens is 1. The molecule has 1 N–H and O–H groups in total. The molecule has 7 heteroatoms. The number of hydrogen-bond donors (Lipinski definition) is 1. The molecule has 1 atom stereocenters. The molecule has 0 amide bonds. The minimum absolute atomic E-state index is 0.308. The number of carboxylic acid groups (broad SMARTS) is 1. The Morgan fingerprint density at radius 1 is 1.27 bits per heavy atom. The highest BCUT2D eigenvalue weighted by molar-refractivity contribution is 7.99. The van der Waals surface area contributed by atoms with Gasteiger partial charge in [-0.25, -0.2) is 4.98 Å². The largest absolute Gasteiger partial charge is 0.487 e. The van der Waals surface area contributed by atoms with E-state index in [2.05, 4.69) is 4.98 Å². The van der Waals surface area contributed by atoms with E-state index in [4.69, 9.17) is 9.15 Å². The first-order valence-corrected chi connectivity index (χ1v) is 10.9. The normalized spacial score (nSPS) is 16.7. The molecule has 1 unspecified atom stereocenters. The number of ether oxygens (including phenoxy) is 1. The molecule has 0 saturated carbocycles. The molecule has 3 aromatic rings. The molecule has 0 bridgehead atoms. The molecule has 0 aliphatic carbocycles. The summed E-state index contributed by atoms with van der Waals surface area (Å²) in [5, 5.41) is 9.35. The number of aryl methyl sites for hydroxylation is 2. The topological polar surface area (TPSA) is 75.8 Å². The molecule has 30 heavy (non-hydrogen) atoms. The Morgan fingerprint density at radius 2 is 2.07 bits per heavy atom. The molecule has 0 spiro atoms. The Balaban J connectivity index is 1.41. The van der Waals surface area contributed by atoms with Crippen LogP contribution in [0.25, 0.3) is 11.5 Å². The van der Waals surface area contributed by atoms with Crippen LogP contribution in [0.4, 0.5) is 0 Å². The van der Waals surface area contributed by atoms with Crippen LogP contribution in [0.1, 0.15) is 22.6 Å². The van der Waals surface area contributed by atoms with Gasteiger partial charge in [0.2, 0.25) is 5.89 Å². The molecular formula is C23H24N2O4S. The molecule has 2 heterocycles. The van der Waals surface area contributed by atoms with Crippen molar-refractivity contribution in [1.29, 1.82) is 0 Å². The maximum absolute atomic E-state index is 11.4. The van der Waals surface area contributed by atoms with Gasteiger partial charge >= 0.3 is 5.97 Å². The van der Waals surface area contributed by atoms with Gasteiger partial charge in [0.1, 0.15) is 29.9 Å². The van der Waals surface area contributed by atoms with E-state index in [1.54, 1.807) is 11.8 Å². The van der Waals surface area contributed by atoms with E-state index >= 15 is 0 Å². The number of aliphatic carboxylic acids is 1. The van der Waals surface area contributed by atoms with Gasteiger partial charge in [-0.15, -0.1) is 11.8 Å². The maximum atomic E-state index is 11.4. The molecule has 1 saturated heterocycles. The summed E-state index contributed by atoms with van der Waals surface area (Å²) in [4.78, 5) is 18.0. The summed E-state index contributed by atoms with van der Waals surface area (Å²) in [6.45, 7) is 4.82. The highest BCUT2D eigenvalue weighted by Crippen LogP contribution is 2.26. The van der Waals surface area contributed by atoms with Gasteiger partial charge in [-0.05, 0) is 43.7 Å². The predicted octanol–water partition coefficient (Wildman–Crippen LogP) is 4.50. The second kappa shape index (κ2) is 8.93. The Kier molecular flexibility index (Phi) is 6.11. The second-order valence-corrected chi connectivity index (χ2v) is 8.42. The lowest BCUT2D eigenvalue weighted by molar-refractivity contribution is -0.141. The van der Waals surface area contributed by atoms with Gasteiger partial charge in [-0.3, -0.25) is 9.69 Å². The fourth-order valence-electron chi connectivity index (χ4n) is 3.36. The van der Waals surface area contributed by atoms with E-state index in [1.165, 1.54) is 5.56 Å². The van der Waals surface area contributed by atoms with Crippen molar-refractivity contribution >= 4 is 17.7 Å². The summed E-state index contributed by atoms with van der Waals surface area (Å²) in [6, 6.07) is 15.4. The van der Waals surface area contributed by atoms with E-state index in [0.29, 0.717) is 24.8 Å². The molecule has 1 fully saturated rings. The third-order valence-corrected chi connectivity index (χ3v) is 6.18. The number of benzene rings is 2. The van der Waals surface area contributed by atoms with Crippen LogP contribution >= 0.6 is 11.8 Å². The lowest BCUT2D eigenvalue weighted by Crippen LogP contribution is -2.37. The molecule has 1 aliphatic heterocycles. The summed E-state index contributed by atoms with van der Waals surface area (Å²) in [7, 11) is 0. The highest BCUT2D eigenvalue weighted by atomic mass is 32.2. The molecule has 2 aromatic carbocycles. The van der Waals surface area contributed by atoms with Crippen LogP contribution in [0.5, 0.6) is 5.75 Å². The zero-order chi connectivity index (χ0) is 21.1. The van der Waals surface area contributed by atoms with Gasteiger partial charge in [0.15, 0.2) is 0 Å². The fraction of sp³-hybridized carbons (Fsp3) is 0.304. The number of thioether (sulfide) groups is 1. The van der Waals surface area contributed by atoms with Crippen molar-refractivity contribution in [3.8, 4) is 17.2 Å². The maximum Gasteiger partial charge on any atom is 0.321 e. The Morgan fingerprint density at radius 3 is 2.83 bits per heavy atom. The van der Waals surface area contributed by atoms with Gasteiger partial charge in [0.05, 0.1) is 0 Å². The van der Waals surface area contributed by atoms with Crippen molar-refractivity contribution in [1.82, 2.24) is 9.88 Å². The van der Waals surface area contributed by atoms with Gasteiger partial charge < -0.3 is 14.3 Å². The van der Waals surface area contributed by atoms with Crippen molar-refractivity contribution in [2.75, 3.05) is 11.6 Å². The molecule has 6 nitrogen and oxygen atoms in total. The molecule has 0 radical (unpaired) electrons. The van der Waals surface area contributed by atoms with Crippen LogP contribution < -0.4 is 4.74 Å². The van der Waals surface area contributed by atoms with Crippen molar-refractivity contribution in [2.45, 2.75) is 33.0 Å². The fourth-order valence-corrected chi connectivity index (χ4v) is 4.55. The van der Waals surface area contributed by atoms with Crippen molar-refractivity contribution in [3.63, 3.8) is 0 Å². The smallest absolute Gasteiger partial charge is 0.321 e. The van der Waals surface area contributed by atoms with Crippen molar-refractivity contribution < 1.29 is 19.1 Å². The van der Waals surface area contributed by atoms with E-state index in [1.807, 2.05) is 67.3 Å². The summed E-state index contributed by atoms with van der Waals surface area (Å²) in [5.41, 5.74) is 3.91. The number of hydrogen-bond acceptors (Lipinski definition) is 6. The lowest BCUT2D eigenvalue weighted by atomic mass is 10.1. The lowest BCUT2D eigenvalue weighted by Gasteiger charge is -2.20. The first-order chi connectivity index (χ1) is 14.5. The van der Waals surface area contributed by atoms with E-state index in [-0.39, 0.29) is 0 Å². The van der Waals surface area contributed by atoms with Crippen LogP contribution in [-0.2, 0) is 17.9 Å². The summed E-state index contributed by atoms with van der Waals surface area (Å²) < 4.78 is 11.8. The quantitative estimate of drug-likeness (QED) is 0.598. The molecule has 4 rings (SSSR count). The van der Waals surface area contributed by atoms with Gasteiger partial charge in [0.25, 0.3) is 0 Å². The van der Waals surface area contributed by atoms with E-state index in [9.17, 15) is 9.90 Å². The monoisotopic (exact) mass is 424 g/mol. The molecular weight excluding hydrogens is 400 g/mol. The average molecular weight is 425 g/mol. The highest BCUT2D eigenvalue weighted by Gasteiger charge is 2.30. The van der Waals surface area contributed by atoms with Crippen LogP contribution in [0.2, 0.25) is 0 Å². The number of carbonyl (C=O) groups is 1. The van der Waals surface area contributed by atoms with Crippen molar-refractivity contribution in [3.05, 3.63) is 71.1 Å². The van der Waals surface area contributed by atoms with Crippen LogP contribution in [0, 0.1) is 13.8 Å². The Hall–Kier alpha value is -2.77. The Labute approximate surface area is 179 Å². The average Bonchev–Trinajstić information content (AvgIpc) is 3.34. The van der Waals surface area contributed by atoms with Gasteiger partial charge in [-0.2, -0.15) is 0 Å². The van der Waals surface area contributed by atoms with Crippen LogP contribution in [-0.4, -0.2) is 38.6 Å². The first kappa shape index (κ1) is 20.5. The zero-order valence-electron chi connectivity index (χ0n) is 17.0. The predicted molar refractivity (Wildman–Crippen MR) is 116 cm³/mol. The molecule has 1 aliphatic rings. The van der Waals surface area contributed by atoms with E-state index in [0.717, 1.165) is 34.2 Å². The van der Waals surface area contributed by atoms with Crippen LogP contribution in [0.3, 0.4) is 0 Å². The number of carboxylic acids is 1. The Bertz CT molecular complexity index is 1030. The zero-order valence-corrected chi connectivity index (χ0v) is 17.8. The van der Waals surface area contributed by atoms with E-state index < -0.39 is 12.0 Å². The van der Waals surface area contributed by atoms with Gasteiger partial charge in [-0.1, -0.05) is 29.8 Å². The summed E-state index contributed by atoms with van der Waals surface area (Å²) >= 11 is 1.65. The molecule has 156 valence electrons. The van der Waals surface area contributed by atoms with Crippen molar-refractivity contribution in [2.24, 2.45) is 0 Å². The SMILES string of the molecule is Cc1ccc(-c2nc(COc3cccc(CN4CSCC4C(=O)O)c3)c(C)o2)cc1. The standard InChI is InChI=1S/C23H24N2O4S/c1-15-6-8-18(9-7-15)22-24-20(16(2)29-22)12-28-19-5-3-4-17(10-19)11-25-14-30-13-21(25)23(26)27/h3-10,21H,11-14H2,1-2H3,(H,26,27). The van der Waals surface area contributed by atoms with Gasteiger partial charge in [0, 0.05) is 23.7 Å². The summed E-state index contributed by atoms with van der Waals surface area (Å²) in [6.07, 6.45) is 0. The number of rotatable bonds is 7. The minimum atomic E-state index is -0.765. The first-order valence-electron chi connectivity index (χ1n) is 9.79. The van der Waals surface area contributed by atoms with Crippen LogP contribution in [0.15, 0.2) is 52.9 Å². The summed E-state index contributed by atoms with van der Waals surface area (Å²) in [5.74, 6) is 2.64. The minimum Gasteiger partial charge on any atom is -0.487 e.